The van der Waals surface area contributed by atoms with Gasteiger partial charge in [-0.3, -0.25) is 24.0 Å². The largest absolute Gasteiger partial charge is 0.481 e. The second-order valence-electron chi connectivity index (χ2n) is 7.60. The quantitative estimate of drug-likeness (QED) is 0.156. The van der Waals surface area contributed by atoms with Crippen LogP contribution in [0.5, 0.6) is 0 Å². The second kappa shape index (κ2) is 12.1. The van der Waals surface area contributed by atoms with E-state index in [2.05, 4.69) is 15.6 Å². The van der Waals surface area contributed by atoms with E-state index in [0.717, 1.165) is 16.5 Å². The first-order valence-electron chi connectivity index (χ1n) is 10.3. The summed E-state index contributed by atoms with van der Waals surface area (Å²) >= 11 is 0. The zero-order valence-corrected chi connectivity index (χ0v) is 18.3. The molecule has 0 aliphatic heterocycles. The van der Waals surface area contributed by atoms with E-state index in [1.54, 1.807) is 6.20 Å². The van der Waals surface area contributed by atoms with E-state index >= 15 is 0 Å². The highest BCUT2D eigenvalue weighted by Gasteiger charge is 2.29. The van der Waals surface area contributed by atoms with Crippen molar-refractivity contribution in [1.82, 2.24) is 20.9 Å². The van der Waals surface area contributed by atoms with Crippen molar-refractivity contribution in [3.8, 4) is 0 Å². The van der Waals surface area contributed by atoms with Gasteiger partial charge in [-0.05, 0) is 18.1 Å². The van der Waals surface area contributed by atoms with Crippen molar-refractivity contribution < 1.29 is 44.1 Å². The molecule has 0 fully saturated rings. The number of rotatable bonds is 13. The number of para-hydroxylation sites is 1. The summed E-state index contributed by atoms with van der Waals surface area (Å²) in [6.07, 6.45) is 0.0141. The summed E-state index contributed by atoms with van der Waals surface area (Å²) in [5, 5.41) is 33.9. The third kappa shape index (κ3) is 8.12. The Morgan fingerprint density at radius 3 is 2.14 bits per heavy atom. The number of amides is 3. The lowest BCUT2D eigenvalue weighted by atomic mass is 10.1. The molecule has 0 aliphatic rings. The number of carboxylic acids is 3. The standard InChI is InChI=1S/C21H25N5O9/c22-12(5-10-8-23-13-4-2-1-3-11(10)13)19(32)24-9-16(27)25-14(6-17(28)29)20(33)26-15(21(34)35)7-18(30)31/h1-4,8,12,14-15,23H,5-7,9,22H2,(H,24,32)(H,25,27)(H,26,33)(H,28,29)(H,30,31)(H,34,35). The van der Waals surface area contributed by atoms with Crippen LogP contribution in [0.1, 0.15) is 18.4 Å². The summed E-state index contributed by atoms with van der Waals surface area (Å²) in [6.45, 7) is -0.638. The number of aliphatic carboxylic acids is 3. The fourth-order valence-corrected chi connectivity index (χ4v) is 3.20. The Kier molecular flexibility index (Phi) is 9.28. The van der Waals surface area contributed by atoms with E-state index in [0.29, 0.717) is 0 Å². The molecule has 1 aromatic heterocycles. The average molecular weight is 491 g/mol. The second-order valence-corrected chi connectivity index (χ2v) is 7.60. The summed E-state index contributed by atoms with van der Waals surface area (Å²) in [7, 11) is 0. The molecule has 0 aliphatic carbocycles. The molecule has 1 heterocycles. The Hall–Kier alpha value is -4.46. The summed E-state index contributed by atoms with van der Waals surface area (Å²) in [6, 6.07) is 2.84. The SMILES string of the molecule is NC(Cc1c[nH]c2ccccc12)C(=O)NCC(=O)NC(CC(=O)O)C(=O)NC(CC(=O)O)C(=O)O. The fourth-order valence-electron chi connectivity index (χ4n) is 3.20. The van der Waals surface area contributed by atoms with Gasteiger partial charge in [0.25, 0.3) is 0 Å². The van der Waals surface area contributed by atoms with E-state index in [4.69, 9.17) is 21.1 Å². The van der Waals surface area contributed by atoms with Crippen molar-refractivity contribution in [2.24, 2.45) is 5.73 Å². The van der Waals surface area contributed by atoms with Crippen LogP contribution in [0.3, 0.4) is 0 Å². The number of aromatic nitrogens is 1. The fraction of sp³-hybridized carbons (Fsp3) is 0.333. The van der Waals surface area contributed by atoms with Crippen molar-refractivity contribution in [2.75, 3.05) is 6.54 Å². The highest BCUT2D eigenvalue weighted by Crippen LogP contribution is 2.18. The molecule has 35 heavy (non-hydrogen) atoms. The van der Waals surface area contributed by atoms with Crippen molar-refractivity contribution in [1.29, 1.82) is 0 Å². The van der Waals surface area contributed by atoms with Gasteiger partial charge in [0.05, 0.1) is 25.4 Å². The van der Waals surface area contributed by atoms with Crippen LogP contribution in [-0.4, -0.2) is 80.6 Å². The van der Waals surface area contributed by atoms with Crippen LogP contribution in [0.25, 0.3) is 10.9 Å². The monoisotopic (exact) mass is 491 g/mol. The highest BCUT2D eigenvalue weighted by molar-refractivity contribution is 5.95. The predicted octanol–water partition coefficient (Wildman–Crippen LogP) is -1.84. The number of benzene rings is 1. The topological polar surface area (TPSA) is 241 Å². The number of hydrogen-bond donors (Lipinski definition) is 8. The maximum atomic E-state index is 12.3. The predicted molar refractivity (Wildman–Crippen MR) is 119 cm³/mol. The molecule has 3 unspecified atom stereocenters. The van der Waals surface area contributed by atoms with Crippen LogP contribution in [0.15, 0.2) is 30.5 Å². The molecule has 3 atom stereocenters. The maximum absolute atomic E-state index is 12.3. The summed E-state index contributed by atoms with van der Waals surface area (Å²) in [4.78, 5) is 72.8. The molecule has 3 amide bonds. The first kappa shape index (κ1) is 26.8. The lowest BCUT2D eigenvalue weighted by Crippen LogP contribution is -2.54. The van der Waals surface area contributed by atoms with Crippen LogP contribution in [0.4, 0.5) is 0 Å². The Bertz CT molecular complexity index is 1130. The highest BCUT2D eigenvalue weighted by atomic mass is 16.4. The number of aromatic amines is 1. The van der Waals surface area contributed by atoms with Crippen LogP contribution in [0, 0.1) is 0 Å². The molecule has 2 rings (SSSR count). The number of hydrogen-bond acceptors (Lipinski definition) is 7. The summed E-state index contributed by atoms with van der Waals surface area (Å²) in [5.41, 5.74) is 7.58. The number of nitrogens with one attached hydrogen (secondary N) is 4. The molecule has 188 valence electrons. The van der Waals surface area contributed by atoms with Crippen molar-refractivity contribution in [2.45, 2.75) is 37.4 Å². The minimum atomic E-state index is -1.84. The third-order valence-electron chi connectivity index (χ3n) is 4.90. The molecule has 14 nitrogen and oxygen atoms in total. The molecule has 0 saturated carbocycles. The van der Waals surface area contributed by atoms with E-state index in [1.165, 1.54) is 0 Å². The number of carboxylic acid groups (broad SMARTS) is 3. The van der Waals surface area contributed by atoms with E-state index in [9.17, 15) is 28.8 Å². The smallest absolute Gasteiger partial charge is 0.326 e. The molecule has 14 heteroatoms. The molecule has 0 saturated heterocycles. The molecule has 2 aromatic rings. The van der Waals surface area contributed by atoms with Gasteiger partial charge in [0.2, 0.25) is 17.7 Å². The number of carbonyl (C=O) groups is 6. The Morgan fingerprint density at radius 1 is 0.886 bits per heavy atom. The first-order chi connectivity index (χ1) is 16.5. The van der Waals surface area contributed by atoms with Gasteiger partial charge in [0.15, 0.2) is 0 Å². The molecular formula is C21H25N5O9. The zero-order chi connectivity index (χ0) is 26.1. The van der Waals surface area contributed by atoms with Gasteiger partial charge in [-0.25, -0.2) is 4.79 Å². The minimum Gasteiger partial charge on any atom is -0.481 e. The number of carbonyl (C=O) groups excluding carboxylic acids is 3. The molecule has 1 aromatic carbocycles. The first-order valence-corrected chi connectivity index (χ1v) is 10.3. The Balaban J connectivity index is 1.93. The van der Waals surface area contributed by atoms with E-state index in [-0.39, 0.29) is 6.42 Å². The lowest BCUT2D eigenvalue weighted by Gasteiger charge is -2.20. The van der Waals surface area contributed by atoms with Crippen molar-refractivity contribution in [3.63, 3.8) is 0 Å². The van der Waals surface area contributed by atoms with Gasteiger partial charge < -0.3 is 42.0 Å². The minimum absolute atomic E-state index is 0.168. The third-order valence-corrected chi connectivity index (χ3v) is 4.90. The average Bonchev–Trinajstić information content (AvgIpc) is 3.18. The molecule has 0 spiro atoms. The van der Waals surface area contributed by atoms with Crippen molar-refractivity contribution in [3.05, 3.63) is 36.0 Å². The van der Waals surface area contributed by atoms with E-state index < -0.39 is 73.1 Å². The number of H-pyrrole nitrogens is 1. The molecule has 0 bridgehead atoms. The van der Waals surface area contributed by atoms with Gasteiger partial charge in [0.1, 0.15) is 12.1 Å². The lowest BCUT2D eigenvalue weighted by molar-refractivity contribution is -0.148. The van der Waals surface area contributed by atoms with Crippen LogP contribution in [0.2, 0.25) is 0 Å². The van der Waals surface area contributed by atoms with Crippen LogP contribution >= 0.6 is 0 Å². The Labute approximate surface area is 197 Å². The van der Waals surface area contributed by atoms with E-state index in [1.807, 2.05) is 29.6 Å². The Morgan fingerprint density at radius 2 is 1.51 bits per heavy atom. The number of nitrogens with two attached hydrogens (primary N) is 1. The molecule has 9 N–H and O–H groups in total. The molecule has 0 radical (unpaired) electrons. The summed E-state index contributed by atoms with van der Waals surface area (Å²) in [5.74, 6) is -7.47. The normalized spacial score (nSPS) is 13.3. The van der Waals surface area contributed by atoms with Gasteiger partial charge in [0, 0.05) is 17.1 Å². The zero-order valence-electron chi connectivity index (χ0n) is 18.3. The van der Waals surface area contributed by atoms with Gasteiger partial charge in [-0.15, -0.1) is 0 Å². The number of fused-ring (bicyclic) bond motifs is 1. The molecular weight excluding hydrogens is 466 g/mol. The van der Waals surface area contributed by atoms with Crippen LogP contribution in [-0.2, 0) is 35.2 Å². The summed E-state index contributed by atoms with van der Waals surface area (Å²) < 4.78 is 0. The van der Waals surface area contributed by atoms with Gasteiger partial charge in [-0.1, -0.05) is 18.2 Å². The maximum Gasteiger partial charge on any atom is 0.326 e. The van der Waals surface area contributed by atoms with Gasteiger partial charge in [-0.2, -0.15) is 0 Å². The van der Waals surface area contributed by atoms with Crippen molar-refractivity contribution >= 4 is 46.5 Å². The van der Waals surface area contributed by atoms with Gasteiger partial charge >= 0.3 is 17.9 Å². The van der Waals surface area contributed by atoms with Crippen LogP contribution < -0.4 is 21.7 Å².